The second-order valence-electron chi connectivity index (χ2n) is 7.42. The summed E-state index contributed by atoms with van der Waals surface area (Å²) in [5, 5.41) is 0. The van der Waals surface area contributed by atoms with Gasteiger partial charge in [-0.1, -0.05) is 19.1 Å². The topological polar surface area (TPSA) is 35.5 Å². The molecule has 28 heavy (non-hydrogen) atoms. The molecule has 9 heteroatoms. The minimum atomic E-state index is -4.97. The maximum atomic E-state index is 13.3. The molecule has 1 aromatic rings. The number of hydrogen-bond donors (Lipinski definition) is 0. The molecule has 0 N–H and O–H groups in total. The van der Waals surface area contributed by atoms with E-state index in [4.69, 9.17) is 9.78 Å². The van der Waals surface area contributed by atoms with E-state index in [0.29, 0.717) is 12.5 Å². The molecule has 3 nitrogen and oxygen atoms in total. The molecule has 1 heterocycles. The number of hydrogen-bond acceptors (Lipinski definition) is 3. The van der Waals surface area contributed by atoms with Gasteiger partial charge in [0, 0.05) is 18.3 Å². The third-order valence-electron chi connectivity index (χ3n) is 5.47. The number of fused-ring (bicyclic) bond motifs is 2. The highest BCUT2D eigenvalue weighted by atomic mass is 19.4. The summed E-state index contributed by atoms with van der Waals surface area (Å²) in [4.78, 5) is 22.7. The van der Waals surface area contributed by atoms with E-state index < -0.39 is 40.7 Å². The summed E-state index contributed by atoms with van der Waals surface area (Å²) in [7, 11) is 0. The van der Waals surface area contributed by atoms with Crippen molar-refractivity contribution in [1.82, 2.24) is 0 Å². The van der Waals surface area contributed by atoms with E-state index in [1.165, 1.54) is 6.08 Å². The number of Topliss-reactive ketones (excluding diaryl/α,β-unsaturated/α-hetero) is 1. The quantitative estimate of drug-likeness (QED) is 0.483. The van der Waals surface area contributed by atoms with Crippen LogP contribution < -0.4 is 0 Å². The molecular formula is C19H18F6O3. The van der Waals surface area contributed by atoms with Crippen molar-refractivity contribution in [3.63, 3.8) is 0 Å². The predicted molar refractivity (Wildman–Crippen MR) is 86.7 cm³/mol. The standard InChI is InChI=1S/C19H18F6O3/c1-10-15(26)8-13-9-16(10)27-28-17(13,2)6-5-11-3-4-12(18(20,21)22)7-14(11)19(23,24)25/h3-7,10,13,16H,8-9H2,1-2H3/b6-5-/t10-,13+,16-,17+/m1/s1. The first kappa shape index (κ1) is 20.9. The Morgan fingerprint density at radius 3 is 2.43 bits per heavy atom. The largest absolute Gasteiger partial charge is 0.417 e. The van der Waals surface area contributed by atoms with Gasteiger partial charge in [-0.25, -0.2) is 9.78 Å². The first-order valence-electron chi connectivity index (χ1n) is 8.66. The van der Waals surface area contributed by atoms with Crippen LogP contribution in [0.3, 0.4) is 0 Å². The highest BCUT2D eigenvalue weighted by molar-refractivity contribution is 5.82. The maximum absolute atomic E-state index is 13.3. The number of halogens is 6. The molecule has 1 aromatic carbocycles. The zero-order chi connectivity index (χ0) is 20.9. The van der Waals surface area contributed by atoms with Gasteiger partial charge in [0.1, 0.15) is 17.5 Å². The Balaban J connectivity index is 1.92. The zero-order valence-electron chi connectivity index (χ0n) is 15.0. The van der Waals surface area contributed by atoms with Crippen molar-refractivity contribution < 1.29 is 40.9 Å². The molecule has 1 saturated heterocycles. The molecule has 0 amide bonds. The number of carbonyl (C=O) groups is 1. The Kier molecular flexibility index (Phi) is 5.12. The Hall–Kier alpha value is -1.87. The summed E-state index contributed by atoms with van der Waals surface area (Å²) in [5.74, 6) is -0.638. The van der Waals surface area contributed by atoms with Gasteiger partial charge in [-0.05, 0) is 37.1 Å². The lowest BCUT2D eigenvalue weighted by Crippen LogP contribution is -2.52. The van der Waals surface area contributed by atoms with Crippen LogP contribution in [0.25, 0.3) is 6.08 Å². The molecule has 1 aliphatic carbocycles. The van der Waals surface area contributed by atoms with Crippen molar-refractivity contribution in [1.29, 1.82) is 0 Å². The summed E-state index contributed by atoms with van der Waals surface area (Å²) in [6, 6.07) is 1.45. The molecule has 3 rings (SSSR count). The van der Waals surface area contributed by atoms with Crippen LogP contribution in [0.4, 0.5) is 26.3 Å². The summed E-state index contributed by atoms with van der Waals surface area (Å²) >= 11 is 0. The van der Waals surface area contributed by atoms with Crippen LogP contribution in [0.2, 0.25) is 0 Å². The van der Waals surface area contributed by atoms with Crippen LogP contribution in [0.15, 0.2) is 24.3 Å². The number of rotatable bonds is 2. The van der Waals surface area contributed by atoms with E-state index in [0.717, 1.165) is 12.1 Å². The third-order valence-corrected chi connectivity index (χ3v) is 5.47. The smallest absolute Gasteiger partial charge is 0.299 e. The molecule has 0 spiro atoms. The average molecular weight is 408 g/mol. The molecule has 1 saturated carbocycles. The van der Waals surface area contributed by atoms with Crippen molar-refractivity contribution in [3.8, 4) is 0 Å². The molecule has 2 bridgehead atoms. The van der Waals surface area contributed by atoms with Crippen LogP contribution in [-0.4, -0.2) is 17.5 Å². The fourth-order valence-corrected chi connectivity index (χ4v) is 3.54. The molecule has 0 radical (unpaired) electrons. The predicted octanol–water partition coefficient (Wildman–Crippen LogP) is 5.44. The Morgan fingerprint density at radius 2 is 1.82 bits per heavy atom. The minimum absolute atomic E-state index is 0.0188. The van der Waals surface area contributed by atoms with E-state index in [2.05, 4.69) is 0 Å². The molecular weight excluding hydrogens is 390 g/mol. The highest BCUT2D eigenvalue weighted by Crippen LogP contribution is 2.44. The monoisotopic (exact) mass is 408 g/mol. The van der Waals surface area contributed by atoms with Gasteiger partial charge < -0.3 is 0 Å². The van der Waals surface area contributed by atoms with E-state index in [9.17, 15) is 31.1 Å². The van der Waals surface area contributed by atoms with Crippen LogP contribution in [-0.2, 0) is 26.9 Å². The molecule has 154 valence electrons. The molecule has 4 atom stereocenters. The second-order valence-corrected chi connectivity index (χ2v) is 7.42. The maximum Gasteiger partial charge on any atom is 0.417 e. The van der Waals surface area contributed by atoms with Gasteiger partial charge in [0.25, 0.3) is 0 Å². The molecule has 0 unspecified atom stereocenters. The SMILES string of the molecule is C[C@@H]1C(=O)C[C@H]2C[C@H]1OO[C@@]2(C)/C=C\c1ccc(C(F)(F)F)cc1C(F)(F)F. The van der Waals surface area contributed by atoms with Crippen molar-refractivity contribution in [2.45, 2.75) is 50.7 Å². The number of ketones is 1. The first-order valence-corrected chi connectivity index (χ1v) is 8.66. The first-order chi connectivity index (χ1) is 12.8. The Bertz CT molecular complexity index is 798. The van der Waals surface area contributed by atoms with Gasteiger partial charge in [0.05, 0.1) is 11.1 Å². The molecule has 1 aliphatic heterocycles. The molecule has 2 fully saturated rings. The fourth-order valence-electron chi connectivity index (χ4n) is 3.54. The van der Waals surface area contributed by atoms with Gasteiger partial charge in [-0.3, -0.25) is 4.79 Å². The van der Waals surface area contributed by atoms with Crippen LogP contribution in [0.1, 0.15) is 43.4 Å². The van der Waals surface area contributed by atoms with E-state index in [-0.39, 0.29) is 30.1 Å². The molecule has 2 aliphatic rings. The summed E-state index contributed by atoms with van der Waals surface area (Å²) in [6.45, 7) is 3.30. The van der Waals surface area contributed by atoms with Gasteiger partial charge in [0.15, 0.2) is 0 Å². The average Bonchev–Trinajstić information content (AvgIpc) is 2.59. The van der Waals surface area contributed by atoms with Crippen LogP contribution >= 0.6 is 0 Å². The number of benzene rings is 1. The van der Waals surface area contributed by atoms with Crippen molar-refractivity contribution >= 4 is 11.9 Å². The Morgan fingerprint density at radius 1 is 1.14 bits per heavy atom. The summed E-state index contributed by atoms with van der Waals surface area (Å²) in [5.41, 5.74) is -4.37. The van der Waals surface area contributed by atoms with Gasteiger partial charge in [-0.2, -0.15) is 26.3 Å². The second kappa shape index (κ2) is 6.88. The lowest BCUT2D eigenvalue weighted by atomic mass is 9.71. The minimum Gasteiger partial charge on any atom is -0.299 e. The van der Waals surface area contributed by atoms with E-state index >= 15 is 0 Å². The lowest BCUT2D eigenvalue weighted by molar-refractivity contribution is -0.415. The number of alkyl halides is 6. The van der Waals surface area contributed by atoms with Crippen molar-refractivity contribution in [2.75, 3.05) is 0 Å². The lowest BCUT2D eigenvalue weighted by Gasteiger charge is -2.45. The normalized spacial score (nSPS) is 31.4. The van der Waals surface area contributed by atoms with E-state index in [1.807, 2.05) is 0 Å². The molecule has 0 aromatic heterocycles. The van der Waals surface area contributed by atoms with E-state index in [1.54, 1.807) is 13.8 Å². The zero-order valence-corrected chi connectivity index (χ0v) is 15.0. The summed E-state index contributed by atoms with van der Waals surface area (Å²) in [6.07, 6.45) is -7.18. The third kappa shape index (κ3) is 3.96. The van der Waals surface area contributed by atoms with Gasteiger partial charge in [-0.15, -0.1) is 0 Å². The van der Waals surface area contributed by atoms with Crippen molar-refractivity contribution in [2.24, 2.45) is 11.8 Å². The van der Waals surface area contributed by atoms with Gasteiger partial charge >= 0.3 is 12.4 Å². The Labute approximate surface area is 157 Å². The van der Waals surface area contributed by atoms with Crippen LogP contribution in [0, 0.1) is 11.8 Å². The number of carbonyl (C=O) groups excluding carboxylic acids is 1. The van der Waals surface area contributed by atoms with Crippen LogP contribution in [0.5, 0.6) is 0 Å². The highest BCUT2D eigenvalue weighted by Gasteiger charge is 2.49. The fraction of sp³-hybridized carbons (Fsp3) is 0.526. The summed E-state index contributed by atoms with van der Waals surface area (Å²) < 4.78 is 78.2. The van der Waals surface area contributed by atoms with Crippen molar-refractivity contribution in [3.05, 3.63) is 41.0 Å². The van der Waals surface area contributed by atoms with Gasteiger partial charge in [0.2, 0.25) is 0 Å².